The van der Waals surface area contributed by atoms with E-state index < -0.39 is 0 Å². The number of aryl methyl sites for hydroxylation is 2. The molecule has 0 bridgehead atoms. The Balaban J connectivity index is 1.66. The molecule has 0 atom stereocenters. The topological polar surface area (TPSA) is 15.8 Å². The van der Waals surface area contributed by atoms with Crippen LogP contribution in [0, 0.1) is 13.8 Å². The maximum absolute atomic E-state index is 3.60. The average molecular weight is 371 g/mol. The number of nitrogens with one attached hydrogen (secondary N) is 1. The number of fused-ring (bicyclic) bond motifs is 6. The summed E-state index contributed by atoms with van der Waals surface area (Å²) in [5, 5.41) is 9.08. The first kappa shape index (κ1) is 16.4. The lowest BCUT2D eigenvalue weighted by Gasteiger charge is -2.11. The number of H-pyrrole nitrogens is 1. The first-order valence-electron chi connectivity index (χ1n) is 10.1. The van der Waals surface area contributed by atoms with Crippen LogP contribution in [0.2, 0.25) is 0 Å². The highest BCUT2D eigenvalue weighted by Gasteiger charge is 2.12. The fourth-order valence-corrected chi connectivity index (χ4v) is 4.71. The summed E-state index contributed by atoms with van der Waals surface area (Å²) in [5.74, 6) is 0. The van der Waals surface area contributed by atoms with Gasteiger partial charge in [0, 0.05) is 16.5 Å². The van der Waals surface area contributed by atoms with Crippen LogP contribution < -0.4 is 0 Å². The number of hydrogen-bond acceptors (Lipinski definition) is 0. The van der Waals surface area contributed by atoms with Gasteiger partial charge in [0.05, 0.1) is 5.52 Å². The highest BCUT2D eigenvalue weighted by molar-refractivity contribution is 6.19. The Morgan fingerprint density at radius 3 is 2.17 bits per heavy atom. The van der Waals surface area contributed by atoms with Crippen LogP contribution in [-0.4, -0.2) is 4.98 Å². The maximum Gasteiger partial charge on any atom is 0.0538 e. The molecule has 1 nitrogen and oxygen atoms in total. The van der Waals surface area contributed by atoms with Gasteiger partial charge in [-0.3, -0.25) is 0 Å². The van der Waals surface area contributed by atoms with Crippen molar-refractivity contribution in [1.29, 1.82) is 0 Å². The first-order valence-corrected chi connectivity index (χ1v) is 10.1. The third-order valence-corrected chi connectivity index (χ3v) is 6.40. The van der Waals surface area contributed by atoms with E-state index in [1.54, 1.807) is 0 Å². The molecule has 0 saturated carbocycles. The molecule has 0 saturated heterocycles. The summed E-state index contributed by atoms with van der Waals surface area (Å²) in [4.78, 5) is 3.60. The molecule has 0 radical (unpaired) electrons. The molecule has 0 aliphatic heterocycles. The molecule has 1 heterocycles. The lowest BCUT2D eigenvalue weighted by Crippen LogP contribution is -1.85. The van der Waals surface area contributed by atoms with Crippen molar-refractivity contribution < 1.29 is 0 Å². The molecule has 6 rings (SSSR count). The molecule has 0 fully saturated rings. The fourth-order valence-electron chi connectivity index (χ4n) is 4.71. The van der Waals surface area contributed by atoms with E-state index in [4.69, 9.17) is 0 Å². The van der Waals surface area contributed by atoms with Gasteiger partial charge in [-0.25, -0.2) is 0 Å². The van der Waals surface area contributed by atoms with E-state index in [0.717, 1.165) is 0 Å². The molecule has 1 aromatic heterocycles. The Hall–Kier alpha value is -3.58. The van der Waals surface area contributed by atoms with Crippen molar-refractivity contribution in [2.45, 2.75) is 13.8 Å². The smallest absolute Gasteiger partial charge is 0.0538 e. The minimum atomic E-state index is 1.25. The summed E-state index contributed by atoms with van der Waals surface area (Å²) >= 11 is 0. The molecule has 0 unspecified atom stereocenters. The van der Waals surface area contributed by atoms with E-state index in [9.17, 15) is 0 Å². The Morgan fingerprint density at radius 1 is 0.552 bits per heavy atom. The molecule has 138 valence electrons. The van der Waals surface area contributed by atoms with E-state index in [1.165, 1.54) is 65.6 Å². The van der Waals surface area contributed by atoms with Crippen molar-refractivity contribution in [2.24, 2.45) is 0 Å². The van der Waals surface area contributed by atoms with Gasteiger partial charge in [0.15, 0.2) is 0 Å². The third-order valence-electron chi connectivity index (χ3n) is 6.40. The van der Waals surface area contributed by atoms with Crippen LogP contribution >= 0.6 is 0 Å². The van der Waals surface area contributed by atoms with E-state index in [-0.39, 0.29) is 0 Å². The van der Waals surface area contributed by atoms with Crippen LogP contribution in [0.4, 0.5) is 0 Å². The van der Waals surface area contributed by atoms with Gasteiger partial charge in [-0.1, -0.05) is 78.9 Å². The van der Waals surface area contributed by atoms with Gasteiger partial charge in [-0.05, 0) is 63.5 Å². The standard InChI is InChI=1S/C28H21N/c1-17-18(2)29-28-22(17)12-13-26-24-9-5-8-23(25(24)14-15-27(26)28)21-11-10-19-6-3-4-7-20(19)16-21/h3-16,29H,1-2H3. The Kier molecular flexibility index (Phi) is 3.36. The predicted molar refractivity (Wildman–Crippen MR) is 126 cm³/mol. The summed E-state index contributed by atoms with van der Waals surface area (Å²) in [6.07, 6.45) is 0. The maximum atomic E-state index is 3.60. The molecule has 6 aromatic rings. The lowest BCUT2D eigenvalue weighted by atomic mass is 9.93. The van der Waals surface area contributed by atoms with Crippen LogP contribution in [0.1, 0.15) is 11.3 Å². The van der Waals surface area contributed by atoms with Gasteiger partial charge in [-0.2, -0.15) is 0 Å². The molecule has 0 amide bonds. The summed E-state index contributed by atoms with van der Waals surface area (Å²) in [5.41, 5.74) is 6.38. The number of aromatic amines is 1. The van der Waals surface area contributed by atoms with Gasteiger partial charge < -0.3 is 4.98 Å². The van der Waals surface area contributed by atoms with Gasteiger partial charge in [0.2, 0.25) is 0 Å². The quantitative estimate of drug-likeness (QED) is 0.283. The van der Waals surface area contributed by atoms with Crippen LogP contribution in [-0.2, 0) is 0 Å². The number of hydrogen-bond donors (Lipinski definition) is 1. The normalized spacial score (nSPS) is 11.8. The summed E-state index contributed by atoms with van der Waals surface area (Å²) < 4.78 is 0. The van der Waals surface area contributed by atoms with Crippen molar-refractivity contribution in [3.05, 3.63) is 96.2 Å². The van der Waals surface area contributed by atoms with Crippen molar-refractivity contribution in [3.8, 4) is 11.1 Å². The number of aromatic nitrogens is 1. The zero-order valence-corrected chi connectivity index (χ0v) is 16.6. The predicted octanol–water partition coefficient (Wildman–Crippen LogP) is 7.91. The third kappa shape index (κ3) is 2.34. The zero-order chi connectivity index (χ0) is 19.5. The van der Waals surface area contributed by atoms with E-state index in [0.29, 0.717) is 0 Å². The Bertz CT molecular complexity index is 1570. The summed E-state index contributed by atoms with van der Waals surface area (Å²) in [6.45, 7) is 4.35. The molecular weight excluding hydrogens is 350 g/mol. The van der Waals surface area contributed by atoms with E-state index in [1.807, 2.05) is 0 Å². The summed E-state index contributed by atoms with van der Waals surface area (Å²) in [6, 6.07) is 31.1. The largest absolute Gasteiger partial charge is 0.358 e. The average Bonchev–Trinajstić information content (AvgIpc) is 3.06. The Labute approximate surface area is 169 Å². The van der Waals surface area contributed by atoms with Crippen molar-refractivity contribution in [2.75, 3.05) is 0 Å². The molecule has 29 heavy (non-hydrogen) atoms. The van der Waals surface area contributed by atoms with Crippen molar-refractivity contribution in [1.82, 2.24) is 4.98 Å². The highest BCUT2D eigenvalue weighted by Crippen LogP contribution is 2.37. The van der Waals surface area contributed by atoms with Gasteiger partial charge >= 0.3 is 0 Å². The first-order chi connectivity index (χ1) is 14.2. The molecule has 0 aliphatic carbocycles. The zero-order valence-electron chi connectivity index (χ0n) is 16.6. The second-order valence-electron chi connectivity index (χ2n) is 7.99. The number of rotatable bonds is 1. The SMILES string of the molecule is Cc1[nH]c2c(ccc3c4cccc(-c5ccc6ccccc6c5)c4ccc32)c1C. The lowest BCUT2D eigenvalue weighted by molar-refractivity contribution is 1.26. The van der Waals surface area contributed by atoms with Gasteiger partial charge in [0.1, 0.15) is 0 Å². The van der Waals surface area contributed by atoms with Crippen molar-refractivity contribution >= 4 is 43.2 Å². The number of benzene rings is 5. The van der Waals surface area contributed by atoms with E-state index >= 15 is 0 Å². The van der Waals surface area contributed by atoms with E-state index in [2.05, 4.69) is 104 Å². The van der Waals surface area contributed by atoms with Gasteiger partial charge in [-0.15, -0.1) is 0 Å². The second kappa shape index (κ2) is 5.96. The van der Waals surface area contributed by atoms with Crippen molar-refractivity contribution in [3.63, 3.8) is 0 Å². The van der Waals surface area contributed by atoms with Gasteiger partial charge in [0.25, 0.3) is 0 Å². The fraction of sp³-hybridized carbons (Fsp3) is 0.0714. The summed E-state index contributed by atoms with van der Waals surface area (Å²) in [7, 11) is 0. The molecule has 5 aromatic carbocycles. The second-order valence-corrected chi connectivity index (χ2v) is 7.99. The molecule has 1 N–H and O–H groups in total. The Morgan fingerprint density at radius 2 is 1.28 bits per heavy atom. The van der Waals surface area contributed by atoms with Crippen LogP contribution in [0.25, 0.3) is 54.3 Å². The highest BCUT2D eigenvalue weighted by atomic mass is 14.7. The van der Waals surface area contributed by atoms with Crippen LogP contribution in [0.3, 0.4) is 0 Å². The molecular formula is C28H21N. The molecule has 1 heteroatoms. The minimum absolute atomic E-state index is 1.25. The van der Waals surface area contributed by atoms with Crippen LogP contribution in [0.15, 0.2) is 84.9 Å². The minimum Gasteiger partial charge on any atom is -0.358 e. The van der Waals surface area contributed by atoms with Crippen LogP contribution in [0.5, 0.6) is 0 Å². The molecule has 0 aliphatic rings. The molecule has 0 spiro atoms. The monoisotopic (exact) mass is 371 g/mol.